The smallest absolute Gasteiger partial charge is 0.263 e. The topological polar surface area (TPSA) is 76.9 Å². The highest BCUT2D eigenvalue weighted by atomic mass is 32.2. The molecular weight excluding hydrogens is 367 g/mol. The Kier molecular flexibility index (Phi) is 4.12. The molecule has 1 N–H and O–H groups in total. The molecule has 0 radical (unpaired) electrons. The van der Waals surface area contributed by atoms with Crippen LogP contribution < -0.4 is 4.72 Å². The Bertz CT molecular complexity index is 1220. The number of nitrogens with zero attached hydrogens (tertiary/aromatic N) is 3. The van der Waals surface area contributed by atoms with E-state index >= 15 is 0 Å². The van der Waals surface area contributed by atoms with Crippen LogP contribution in [0.4, 0.5) is 10.2 Å². The molecule has 0 saturated heterocycles. The van der Waals surface area contributed by atoms with Crippen molar-refractivity contribution in [3.8, 4) is 5.95 Å². The van der Waals surface area contributed by atoms with E-state index in [2.05, 4.69) is 14.7 Å². The number of nitrogens with one attached hydrogen (secondary N) is 1. The van der Waals surface area contributed by atoms with Crippen LogP contribution in [0.5, 0.6) is 0 Å². The monoisotopic (exact) mass is 382 g/mol. The highest BCUT2D eigenvalue weighted by molar-refractivity contribution is 7.92. The summed E-state index contributed by atoms with van der Waals surface area (Å²) in [6.45, 7) is 1.88. The molecule has 0 aliphatic rings. The van der Waals surface area contributed by atoms with Crippen molar-refractivity contribution in [2.24, 2.45) is 0 Å². The first-order valence-corrected chi connectivity index (χ1v) is 9.60. The van der Waals surface area contributed by atoms with E-state index in [1.54, 1.807) is 47.3 Å². The van der Waals surface area contributed by atoms with Crippen LogP contribution in [0.2, 0.25) is 0 Å². The molecule has 136 valence electrons. The lowest BCUT2D eigenvalue weighted by Gasteiger charge is -2.11. The summed E-state index contributed by atoms with van der Waals surface area (Å²) >= 11 is 0. The summed E-state index contributed by atoms with van der Waals surface area (Å²) in [5, 5.41) is 0.532. The molecule has 0 aliphatic carbocycles. The minimum Gasteiger partial charge on any atom is -0.264 e. The van der Waals surface area contributed by atoms with Crippen LogP contribution in [-0.2, 0) is 10.0 Å². The number of anilines is 1. The van der Waals surface area contributed by atoms with Crippen LogP contribution in [0.3, 0.4) is 0 Å². The lowest BCUT2D eigenvalue weighted by molar-refractivity contribution is 0.601. The SMILES string of the molecule is Cc1ccc(S(=O)(=O)Nc2cc3cc(F)ccc3n2-c2ncccn2)cc1. The molecule has 2 aromatic heterocycles. The molecule has 4 aromatic rings. The maximum Gasteiger partial charge on any atom is 0.263 e. The summed E-state index contributed by atoms with van der Waals surface area (Å²) in [4.78, 5) is 8.51. The zero-order valence-corrected chi connectivity index (χ0v) is 15.1. The van der Waals surface area contributed by atoms with E-state index < -0.39 is 15.8 Å². The fourth-order valence-corrected chi connectivity index (χ4v) is 3.84. The summed E-state index contributed by atoms with van der Waals surface area (Å²) < 4.78 is 43.3. The van der Waals surface area contributed by atoms with Crippen LogP contribution in [0, 0.1) is 12.7 Å². The minimum atomic E-state index is -3.84. The summed E-state index contributed by atoms with van der Waals surface area (Å²) in [6.07, 6.45) is 3.10. The van der Waals surface area contributed by atoms with Crippen LogP contribution in [-0.4, -0.2) is 23.0 Å². The number of benzene rings is 2. The van der Waals surface area contributed by atoms with Crippen LogP contribution in [0.1, 0.15) is 5.56 Å². The summed E-state index contributed by atoms with van der Waals surface area (Å²) in [5.74, 6) is 0.0876. The van der Waals surface area contributed by atoms with Gasteiger partial charge in [-0.15, -0.1) is 0 Å². The molecule has 2 heterocycles. The second kappa shape index (κ2) is 6.48. The average molecular weight is 382 g/mol. The second-order valence-corrected chi connectivity index (χ2v) is 7.72. The predicted molar refractivity (Wildman–Crippen MR) is 101 cm³/mol. The Hall–Kier alpha value is -3.26. The molecule has 0 fully saturated rings. The summed E-state index contributed by atoms with van der Waals surface area (Å²) in [7, 11) is -3.84. The van der Waals surface area contributed by atoms with Gasteiger partial charge in [-0.05, 0) is 49.4 Å². The van der Waals surface area contributed by atoms with Gasteiger partial charge in [0.1, 0.15) is 11.6 Å². The number of sulfonamides is 1. The Morgan fingerprint density at radius 2 is 1.70 bits per heavy atom. The lowest BCUT2D eigenvalue weighted by Crippen LogP contribution is -2.16. The van der Waals surface area contributed by atoms with Crippen molar-refractivity contribution in [3.05, 3.63) is 78.4 Å². The van der Waals surface area contributed by atoms with Crippen LogP contribution >= 0.6 is 0 Å². The predicted octanol–water partition coefficient (Wildman–Crippen LogP) is 3.67. The molecule has 6 nitrogen and oxygen atoms in total. The molecule has 0 bridgehead atoms. The fourth-order valence-electron chi connectivity index (χ4n) is 2.80. The van der Waals surface area contributed by atoms with E-state index in [-0.39, 0.29) is 16.7 Å². The molecule has 2 aromatic carbocycles. The van der Waals surface area contributed by atoms with Crippen molar-refractivity contribution in [1.29, 1.82) is 0 Å². The first-order chi connectivity index (χ1) is 12.9. The lowest BCUT2D eigenvalue weighted by atomic mass is 10.2. The molecule has 0 aliphatic heterocycles. The molecule has 0 spiro atoms. The quantitative estimate of drug-likeness (QED) is 0.584. The maximum absolute atomic E-state index is 13.6. The highest BCUT2D eigenvalue weighted by Gasteiger charge is 2.20. The van der Waals surface area contributed by atoms with Gasteiger partial charge in [-0.3, -0.25) is 9.29 Å². The third-order valence-corrected chi connectivity index (χ3v) is 5.46. The Balaban J connectivity index is 1.87. The van der Waals surface area contributed by atoms with Gasteiger partial charge in [0, 0.05) is 17.8 Å². The van der Waals surface area contributed by atoms with Crippen molar-refractivity contribution in [2.45, 2.75) is 11.8 Å². The number of hydrogen-bond donors (Lipinski definition) is 1. The summed E-state index contributed by atoms with van der Waals surface area (Å²) in [6, 6.07) is 13.9. The van der Waals surface area contributed by atoms with Crippen molar-refractivity contribution < 1.29 is 12.8 Å². The van der Waals surface area contributed by atoms with Gasteiger partial charge in [-0.1, -0.05) is 17.7 Å². The zero-order chi connectivity index (χ0) is 19.0. The van der Waals surface area contributed by atoms with Gasteiger partial charge in [0.05, 0.1) is 10.4 Å². The minimum absolute atomic E-state index is 0.130. The van der Waals surface area contributed by atoms with Crippen molar-refractivity contribution >= 4 is 26.7 Å². The zero-order valence-electron chi connectivity index (χ0n) is 14.3. The highest BCUT2D eigenvalue weighted by Crippen LogP contribution is 2.28. The number of hydrogen-bond acceptors (Lipinski definition) is 4. The standard InChI is InChI=1S/C19H15FN4O2S/c1-13-3-6-16(7-4-13)27(25,26)23-18-12-14-11-15(20)5-8-17(14)24(18)19-21-9-2-10-22-19/h2-12,23H,1H3. The molecule has 0 atom stereocenters. The molecular formula is C19H15FN4O2S. The first-order valence-electron chi connectivity index (χ1n) is 8.12. The van der Waals surface area contributed by atoms with Gasteiger partial charge < -0.3 is 0 Å². The van der Waals surface area contributed by atoms with Crippen molar-refractivity contribution in [1.82, 2.24) is 14.5 Å². The fraction of sp³-hybridized carbons (Fsp3) is 0.0526. The number of rotatable bonds is 4. The molecule has 4 rings (SSSR count). The number of fused-ring (bicyclic) bond motifs is 1. The molecule has 8 heteroatoms. The maximum atomic E-state index is 13.6. The van der Waals surface area contributed by atoms with E-state index in [4.69, 9.17) is 0 Å². The average Bonchev–Trinajstić information content (AvgIpc) is 2.98. The summed E-state index contributed by atoms with van der Waals surface area (Å²) in [5.41, 5.74) is 1.54. The number of aryl methyl sites for hydroxylation is 1. The molecule has 0 amide bonds. The van der Waals surface area contributed by atoms with E-state index in [0.29, 0.717) is 10.9 Å². The molecule has 27 heavy (non-hydrogen) atoms. The molecule has 0 unspecified atom stereocenters. The Morgan fingerprint density at radius 3 is 2.41 bits per heavy atom. The van der Waals surface area contributed by atoms with Gasteiger partial charge in [0.25, 0.3) is 10.0 Å². The van der Waals surface area contributed by atoms with Gasteiger partial charge >= 0.3 is 0 Å². The number of halogens is 1. The largest absolute Gasteiger partial charge is 0.264 e. The van der Waals surface area contributed by atoms with Crippen LogP contribution in [0.15, 0.2) is 71.9 Å². The second-order valence-electron chi connectivity index (χ2n) is 6.04. The number of aromatic nitrogens is 3. The molecule has 0 saturated carbocycles. The van der Waals surface area contributed by atoms with E-state index in [9.17, 15) is 12.8 Å². The van der Waals surface area contributed by atoms with E-state index in [0.717, 1.165) is 5.56 Å². The Labute approximate surface area is 155 Å². The van der Waals surface area contributed by atoms with Crippen molar-refractivity contribution in [3.63, 3.8) is 0 Å². The van der Waals surface area contributed by atoms with Gasteiger partial charge in [0.15, 0.2) is 0 Å². The van der Waals surface area contributed by atoms with Gasteiger partial charge in [0.2, 0.25) is 5.95 Å². The van der Waals surface area contributed by atoms with E-state index in [1.807, 2.05) is 6.92 Å². The third kappa shape index (κ3) is 3.26. The van der Waals surface area contributed by atoms with Crippen molar-refractivity contribution in [2.75, 3.05) is 4.72 Å². The van der Waals surface area contributed by atoms with Gasteiger partial charge in [-0.2, -0.15) is 0 Å². The first kappa shape index (κ1) is 17.2. The van der Waals surface area contributed by atoms with E-state index in [1.165, 1.54) is 24.3 Å². The normalized spacial score (nSPS) is 11.6. The van der Waals surface area contributed by atoms with Crippen LogP contribution in [0.25, 0.3) is 16.9 Å². The third-order valence-electron chi connectivity index (χ3n) is 4.09. The Morgan fingerprint density at radius 1 is 1.00 bits per heavy atom. The van der Waals surface area contributed by atoms with Gasteiger partial charge in [-0.25, -0.2) is 22.8 Å².